The second kappa shape index (κ2) is 14.5. The van der Waals surface area contributed by atoms with Crippen molar-refractivity contribution < 1.29 is 0 Å². The van der Waals surface area contributed by atoms with E-state index in [0.717, 1.165) is 16.7 Å². The van der Waals surface area contributed by atoms with Gasteiger partial charge < -0.3 is 4.57 Å². The highest BCUT2D eigenvalue weighted by Crippen LogP contribution is 2.33. The fourth-order valence-electron chi connectivity index (χ4n) is 5.58. The van der Waals surface area contributed by atoms with E-state index < -0.39 is 9.52 Å². The molecule has 6 rings (SSSR count). The first-order valence-electron chi connectivity index (χ1n) is 14.8. The van der Waals surface area contributed by atoms with Gasteiger partial charge in [-0.25, -0.2) is 4.98 Å². The number of aromatic nitrogens is 2. The molecule has 0 unspecified atom stereocenters. The summed E-state index contributed by atoms with van der Waals surface area (Å²) in [5.74, 6) is 2.21. The molecule has 1 aromatic heterocycles. The average Bonchev–Trinajstić information content (AvgIpc) is 3.62. The molecule has 0 saturated heterocycles. The predicted octanol–water partition coefficient (Wildman–Crippen LogP) is 7.49. The lowest BCUT2D eigenvalue weighted by molar-refractivity contribution is 0.596. The van der Waals surface area contributed by atoms with Gasteiger partial charge in [0.05, 0.1) is 21.0 Å². The highest BCUT2D eigenvalue weighted by Gasteiger charge is 2.36. The maximum atomic E-state index is 5.67. The van der Waals surface area contributed by atoms with Gasteiger partial charge in [-0.3, -0.25) is 0 Å². The van der Waals surface area contributed by atoms with Crippen LogP contribution < -0.4 is 5.19 Å². The van der Waals surface area contributed by atoms with Crippen LogP contribution in [0.4, 0.5) is 0 Å². The summed E-state index contributed by atoms with van der Waals surface area (Å²) in [4.78, 5) is 4.40. The molecule has 1 heterocycles. The van der Waals surface area contributed by atoms with Crippen molar-refractivity contribution in [3.8, 4) is 0 Å². The van der Waals surface area contributed by atoms with Crippen molar-refractivity contribution in [2.75, 3.05) is 0 Å². The van der Waals surface area contributed by atoms with Crippen molar-refractivity contribution >= 4 is 28.1 Å². The van der Waals surface area contributed by atoms with E-state index in [4.69, 9.17) is 7.85 Å². The zero-order chi connectivity index (χ0) is 29.9. The van der Waals surface area contributed by atoms with Crippen LogP contribution in [-0.4, -0.2) is 26.9 Å². The Labute approximate surface area is 260 Å². The highest BCUT2D eigenvalue weighted by molar-refractivity contribution is 6.57. The average molecular weight is 573 g/mol. The summed E-state index contributed by atoms with van der Waals surface area (Å²) in [6, 6.07) is 51.3. The summed E-state index contributed by atoms with van der Waals surface area (Å²) in [5.41, 5.74) is 7.39. The van der Waals surface area contributed by atoms with Crippen LogP contribution in [0.15, 0.2) is 170 Å². The van der Waals surface area contributed by atoms with E-state index in [9.17, 15) is 0 Å². The number of benzene rings is 5. The van der Waals surface area contributed by atoms with Gasteiger partial charge in [-0.2, -0.15) is 0 Å². The fourth-order valence-corrected chi connectivity index (χ4v) is 7.89. The van der Waals surface area contributed by atoms with E-state index in [0.29, 0.717) is 5.92 Å². The minimum absolute atomic E-state index is 0.210. The molecule has 0 saturated carbocycles. The maximum absolute atomic E-state index is 5.67. The van der Waals surface area contributed by atoms with Gasteiger partial charge in [0.15, 0.2) is 0 Å². The Morgan fingerprint density at radius 1 is 0.674 bits per heavy atom. The van der Waals surface area contributed by atoms with Crippen LogP contribution in [0.5, 0.6) is 0 Å². The van der Waals surface area contributed by atoms with Gasteiger partial charge in [0.25, 0.3) is 0 Å². The zero-order valence-electron chi connectivity index (χ0n) is 24.9. The Morgan fingerprint density at radius 2 is 1.14 bits per heavy atom. The molecule has 6 aromatic rings. The van der Waals surface area contributed by atoms with Gasteiger partial charge in [0.2, 0.25) is 0 Å². The molecule has 0 atom stereocenters. The van der Waals surface area contributed by atoms with E-state index in [1.165, 1.54) is 21.9 Å². The maximum Gasteiger partial charge on any atom is 0.103 e. The summed E-state index contributed by atoms with van der Waals surface area (Å²) in [6.07, 6.45) is 5.96. The Bertz CT molecular complexity index is 1600. The second-order valence-corrected chi connectivity index (χ2v) is 13.1. The van der Waals surface area contributed by atoms with E-state index in [2.05, 4.69) is 139 Å². The standard InChI is InChI=1S/C25H26N2Si.C14H11B/c1-20(2)21-13-15-24(16-14-21)28-25(27-18-17-26-19-27,22-9-5-3-6-10-22)23-11-7-4-8-12-23;15-11-14(12-7-3-1-4-8-12)13-9-5-2-6-10-13/h3-20H,28H2,1-2H3;1-11H. The van der Waals surface area contributed by atoms with Gasteiger partial charge >= 0.3 is 0 Å². The van der Waals surface area contributed by atoms with Crippen molar-refractivity contribution in [3.63, 3.8) is 0 Å². The summed E-state index contributed by atoms with van der Waals surface area (Å²) in [5, 5.41) is 1.24. The van der Waals surface area contributed by atoms with Gasteiger partial charge in [-0.15, -0.1) is 5.98 Å². The summed E-state index contributed by atoms with van der Waals surface area (Å²) < 4.78 is 2.31. The highest BCUT2D eigenvalue weighted by atomic mass is 28.2. The third-order valence-corrected chi connectivity index (χ3v) is 10.5. The third-order valence-electron chi connectivity index (χ3n) is 7.89. The molecule has 0 aliphatic heterocycles. The Hall–Kier alpha value is -4.67. The van der Waals surface area contributed by atoms with Crippen LogP contribution in [0.1, 0.15) is 47.6 Å². The molecule has 2 radical (unpaired) electrons. The van der Waals surface area contributed by atoms with Gasteiger partial charge in [0.1, 0.15) is 7.85 Å². The van der Waals surface area contributed by atoms with E-state index in [1.54, 1.807) is 5.98 Å². The van der Waals surface area contributed by atoms with Gasteiger partial charge in [0, 0.05) is 12.4 Å². The predicted molar refractivity (Wildman–Crippen MR) is 186 cm³/mol. The molecule has 0 aliphatic rings. The SMILES string of the molecule is CC(C)c1ccc([SiH2]C(c2ccccc2)(c2ccccc2)n2ccnc2)cc1.[B]C=C(c1ccccc1)c1ccccc1. The molecular weight excluding hydrogens is 535 g/mol. The molecule has 2 nitrogen and oxygen atoms in total. The van der Waals surface area contributed by atoms with E-state index in [1.807, 2.05) is 48.9 Å². The zero-order valence-corrected chi connectivity index (χ0v) is 26.3. The smallest absolute Gasteiger partial charge is 0.103 e. The van der Waals surface area contributed by atoms with Gasteiger partial charge in [-0.05, 0) is 39.3 Å². The summed E-state index contributed by atoms with van der Waals surface area (Å²) >= 11 is 0. The quantitative estimate of drug-likeness (QED) is 0.173. The largest absolute Gasteiger partial charge is 0.326 e. The number of rotatable bonds is 8. The molecule has 0 fully saturated rings. The molecule has 0 spiro atoms. The van der Waals surface area contributed by atoms with E-state index >= 15 is 0 Å². The first-order valence-corrected chi connectivity index (χ1v) is 16.2. The van der Waals surface area contributed by atoms with Crippen LogP contribution in [0, 0.1) is 0 Å². The Kier molecular flexibility index (Phi) is 10.0. The van der Waals surface area contributed by atoms with Gasteiger partial charge in [-0.1, -0.05) is 165 Å². The normalized spacial score (nSPS) is 11.2. The minimum atomic E-state index is -0.787. The topological polar surface area (TPSA) is 17.8 Å². The van der Waals surface area contributed by atoms with Crippen molar-refractivity contribution in [2.45, 2.75) is 24.9 Å². The monoisotopic (exact) mass is 572 g/mol. The van der Waals surface area contributed by atoms with Crippen LogP contribution >= 0.6 is 0 Å². The van der Waals surface area contributed by atoms with Crippen molar-refractivity contribution in [3.05, 3.63) is 198 Å². The number of hydrogen-bond acceptors (Lipinski definition) is 1. The molecule has 0 bridgehead atoms. The summed E-state index contributed by atoms with van der Waals surface area (Å²) in [7, 11) is 4.89. The number of nitrogens with zero attached hydrogens (tertiary/aromatic N) is 2. The first-order chi connectivity index (χ1) is 21.1. The Balaban J connectivity index is 0.000000207. The molecular formula is C39H37BN2Si. The second-order valence-electron chi connectivity index (χ2n) is 10.9. The lowest BCUT2D eigenvalue weighted by Crippen LogP contribution is -2.46. The molecule has 5 aromatic carbocycles. The molecule has 43 heavy (non-hydrogen) atoms. The molecule has 0 aliphatic carbocycles. The molecule has 210 valence electrons. The lowest BCUT2D eigenvalue weighted by atomic mass is 9.92. The van der Waals surface area contributed by atoms with Crippen LogP contribution in [0.2, 0.25) is 0 Å². The van der Waals surface area contributed by atoms with Crippen LogP contribution in [0.3, 0.4) is 0 Å². The van der Waals surface area contributed by atoms with Crippen molar-refractivity contribution in [1.82, 2.24) is 9.55 Å². The Morgan fingerprint density at radius 3 is 1.53 bits per heavy atom. The number of hydrogen-bond donors (Lipinski definition) is 0. The third kappa shape index (κ3) is 7.05. The lowest BCUT2D eigenvalue weighted by Gasteiger charge is -2.37. The van der Waals surface area contributed by atoms with Crippen LogP contribution in [0.25, 0.3) is 5.57 Å². The van der Waals surface area contributed by atoms with E-state index in [-0.39, 0.29) is 5.16 Å². The van der Waals surface area contributed by atoms with Crippen LogP contribution in [-0.2, 0) is 5.16 Å². The first kappa shape index (κ1) is 29.8. The molecule has 4 heteroatoms. The molecule has 0 N–H and O–H groups in total. The molecule has 0 amide bonds. The summed E-state index contributed by atoms with van der Waals surface area (Å²) in [6.45, 7) is 4.49. The number of imidazole rings is 1. The van der Waals surface area contributed by atoms with Crippen molar-refractivity contribution in [1.29, 1.82) is 0 Å². The van der Waals surface area contributed by atoms with Crippen molar-refractivity contribution in [2.24, 2.45) is 0 Å². The minimum Gasteiger partial charge on any atom is -0.326 e. The fraction of sp³-hybridized carbons (Fsp3) is 0.103.